The molecule has 1 aromatic carbocycles. The van der Waals surface area contributed by atoms with Crippen molar-refractivity contribution in [1.29, 1.82) is 0 Å². The first-order chi connectivity index (χ1) is 8.95. The zero-order chi connectivity index (χ0) is 14.4. The molecule has 19 heavy (non-hydrogen) atoms. The molecule has 0 aromatic heterocycles. The lowest BCUT2D eigenvalue weighted by molar-refractivity contribution is -0.139. The fourth-order valence-electron chi connectivity index (χ4n) is 1.45. The Morgan fingerprint density at radius 1 is 1.42 bits per heavy atom. The number of carbonyl (C=O) groups excluding carboxylic acids is 1. The number of amides is 2. The third-order valence-electron chi connectivity index (χ3n) is 2.54. The Balaban J connectivity index is 2.69. The molecule has 0 aliphatic rings. The van der Waals surface area contributed by atoms with Crippen LogP contribution in [-0.4, -0.2) is 34.9 Å². The van der Waals surface area contributed by atoms with Crippen LogP contribution in [0.3, 0.4) is 0 Å². The number of aliphatic carboxylic acids is 1. The van der Waals surface area contributed by atoms with Crippen molar-refractivity contribution in [2.24, 2.45) is 0 Å². The number of rotatable bonds is 5. The molecule has 6 nitrogen and oxygen atoms in total. The van der Waals surface area contributed by atoms with E-state index in [0.29, 0.717) is 5.69 Å². The Hall–Kier alpha value is -1.60. The summed E-state index contributed by atoms with van der Waals surface area (Å²) in [5.41, 5.74) is 1.42. The molecule has 104 valence electrons. The minimum absolute atomic E-state index is 0.0414. The van der Waals surface area contributed by atoms with E-state index in [0.717, 1.165) is 10.0 Å². The maximum atomic E-state index is 11.7. The lowest BCUT2D eigenvalue weighted by Crippen LogP contribution is -2.43. The fraction of sp³-hybridized carbons (Fsp3) is 0.333. The molecule has 4 N–H and O–H groups in total. The zero-order valence-corrected chi connectivity index (χ0v) is 11.9. The molecule has 0 saturated heterocycles. The van der Waals surface area contributed by atoms with E-state index in [4.69, 9.17) is 10.2 Å². The van der Waals surface area contributed by atoms with Crippen molar-refractivity contribution < 1.29 is 19.8 Å². The second kappa shape index (κ2) is 7.10. The lowest BCUT2D eigenvalue weighted by atomic mass is 10.2. The Morgan fingerprint density at radius 3 is 2.68 bits per heavy atom. The van der Waals surface area contributed by atoms with Gasteiger partial charge in [0.15, 0.2) is 0 Å². The number of benzene rings is 1. The summed E-state index contributed by atoms with van der Waals surface area (Å²) < 4.78 is 0.843. The normalized spacial score (nSPS) is 11.7. The average Bonchev–Trinajstić information content (AvgIpc) is 2.34. The van der Waals surface area contributed by atoms with Gasteiger partial charge in [0, 0.05) is 23.2 Å². The SMILES string of the molecule is Cc1c(Br)cccc1NC(=O)N[C@H](CCO)C(=O)O. The molecule has 0 spiro atoms. The van der Waals surface area contributed by atoms with Gasteiger partial charge in [-0.3, -0.25) is 0 Å². The summed E-state index contributed by atoms with van der Waals surface area (Å²) in [5.74, 6) is -1.19. The number of aliphatic hydroxyl groups is 1. The van der Waals surface area contributed by atoms with Crippen LogP contribution in [0.2, 0.25) is 0 Å². The quantitative estimate of drug-likeness (QED) is 0.660. The fourth-order valence-corrected chi connectivity index (χ4v) is 1.81. The molecular formula is C12H15BrN2O4. The van der Waals surface area contributed by atoms with E-state index >= 15 is 0 Å². The number of hydrogen-bond donors (Lipinski definition) is 4. The summed E-state index contributed by atoms with van der Waals surface area (Å²) in [6.45, 7) is 1.51. The van der Waals surface area contributed by atoms with Gasteiger partial charge in [0.25, 0.3) is 0 Å². The second-order valence-corrected chi connectivity index (χ2v) is 4.77. The molecule has 0 heterocycles. The Labute approximate surface area is 118 Å². The van der Waals surface area contributed by atoms with Gasteiger partial charge in [0.05, 0.1) is 0 Å². The van der Waals surface area contributed by atoms with Crippen LogP contribution in [0, 0.1) is 6.92 Å². The molecule has 0 bridgehead atoms. The van der Waals surface area contributed by atoms with Gasteiger partial charge in [0.1, 0.15) is 6.04 Å². The van der Waals surface area contributed by atoms with E-state index in [2.05, 4.69) is 26.6 Å². The predicted molar refractivity (Wildman–Crippen MR) is 74.2 cm³/mol. The van der Waals surface area contributed by atoms with Gasteiger partial charge >= 0.3 is 12.0 Å². The number of urea groups is 1. The van der Waals surface area contributed by atoms with Gasteiger partial charge in [-0.2, -0.15) is 0 Å². The molecular weight excluding hydrogens is 316 g/mol. The standard InChI is InChI=1S/C12H15BrN2O4/c1-7-8(13)3-2-4-9(7)14-12(19)15-10(5-6-16)11(17)18/h2-4,10,16H,5-6H2,1H3,(H,17,18)(H2,14,15,19)/t10-/m1/s1. The van der Waals surface area contributed by atoms with Crippen LogP contribution >= 0.6 is 15.9 Å². The maximum absolute atomic E-state index is 11.7. The van der Waals surface area contributed by atoms with Crippen LogP contribution in [0.5, 0.6) is 0 Å². The van der Waals surface area contributed by atoms with Gasteiger partial charge in [-0.25, -0.2) is 9.59 Å². The van der Waals surface area contributed by atoms with Crippen LogP contribution in [-0.2, 0) is 4.79 Å². The highest BCUT2D eigenvalue weighted by Crippen LogP contribution is 2.23. The van der Waals surface area contributed by atoms with Gasteiger partial charge in [-0.05, 0) is 24.6 Å². The largest absolute Gasteiger partial charge is 0.480 e. The molecule has 1 rings (SSSR count). The number of aliphatic hydroxyl groups excluding tert-OH is 1. The molecule has 2 amide bonds. The summed E-state index contributed by atoms with van der Waals surface area (Å²) in [4.78, 5) is 22.5. The van der Waals surface area contributed by atoms with Crippen LogP contribution in [0.1, 0.15) is 12.0 Å². The van der Waals surface area contributed by atoms with Crippen molar-refractivity contribution in [2.45, 2.75) is 19.4 Å². The average molecular weight is 331 g/mol. The van der Waals surface area contributed by atoms with E-state index in [1.807, 2.05) is 13.0 Å². The highest BCUT2D eigenvalue weighted by atomic mass is 79.9. The van der Waals surface area contributed by atoms with Crippen molar-refractivity contribution >= 4 is 33.6 Å². The smallest absolute Gasteiger partial charge is 0.326 e. The Bertz CT molecular complexity index is 479. The lowest BCUT2D eigenvalue weighted by Gasteiger charge is -2.15. The van der Waals surface area contributed by atoms with Gasteiger partial charge in [0.2, 0.25) is 0 Å². The van der Waals surface area contributed by atoms with E-state index < -0.39 is 18.0 Å². The second-order valence-electron chi connectivity index (χ2n) is 3.91. The van der Waals surface area contributed by atoms with E-state index in [-0.39, 0.29) is 13.0 Å². The maximum Gasteiger partial charge on any atom is 0.326 e. The number of carboxylic acids is 1. The predicted octanol–water partition coefficient (Wildman–Crippen LogP) is 1.71. The summed E-state index contributed by atoms with van der Waals surface area (Å²) in [7, 11) is 0. The number of halogens is 1. The number of hydrogen-bond acceptors (Lipinski definition) is 3. The number of anilines is 1. The Kier molecular flexibility index (Phi) is 5.78. The van der Waals surface area contributed by atoms with E-state index in [1.54, 1.807) is 12.1 Å². The van der Waals surface area contributed by atoms with Gasteiger partial charge < -0.3 is 20.8 Å². The highest BCUT2D eigenvalue weighted by Gasteiger charge is 2.19. The number of carboxylic acid groups (broad SMARTS) is 1. The van der Waals surface area contributed by atoms with Gasteiger partial charge in [-0.15, -0.1) is 0 Å². The van der Waals surface area contributed by atoms with Crippen LogP contribution < -0.4 is 10.6 Å². The Morgan fingerprint density at radius 2 is 2.11 bits per heavy atom. The van der Waals surface area contributed by atoms with E-state index in [9.17, 15) is 9.59 Å². The summed E-state index contributed by atoms with van der Waals surface area (Å²) in [5, 5.41) is 22.4. The first-order valence-corrected chi connectivity index (χ1v) is 6.41. The molecule has 0 unspecified atom stereocenters. The van der Waals surface area contributed by atoms with Gasteiger partial charge in [-0.1, -0.05) is 22.0 Å². The van der Waals surface area contributed by atoms with Crippen molar-refractivity contribution in [3.05, 3.63) is 28.2 Å². The van der Waals surface area contributed by atoms with Crippen LogP contribution in [0.4, 0.5) is 10.5 Å². The topological polar surface area (TPSA) is 98.7 Å². The first kappa shape index (κ1) is 15.5. The summed E-state index contributed by atoms with van der Waals surface area (Å²) in [6, 6.07) is 3.57. The van der Waals surface area contributed by atoms with Crippen molar-refractivity contribution in [2.75, 3.05) is 11.9 Å². The molecule has 0 fully saturated rings. The molecule has 0 aliphatic carbocycles. The van der Waals surface area contributed by atoms with Crippen molar-refractivity contribution in [3.8, 4) is 0 Å². The van der Waals surface area contributed by atoms with Crippen LogP contribution in [0.15, 0.2) is 22.7 Å². The molecule has 0 radical (unpaired) electrons. The van der Waals surface area contributed by atoms with Crippen molar-refractivity contribution in [3.63, 3.8) is 0 Å². The zero-order valence-electron chi connectivity index (χ0n) is 10.3. The third-order valence-corrected chi connectivity index (χ3v) is 3.40. The molecule has 1 aromatic rings. The van der Waals surface area contributed by atoms with Crippen LogP contribution in [0.25, 0.3) is 0 Å². The molecule has 0 saturated carbocycles. The molecule has 0 aliphatic heterocycles. The summed E-state index contributed by atoms with van der Waals surface area (Å²) in [6.07, 6.45) is -0.0414. The van der Waals surface area contributed by atoms with E-state index in [1.165, 1.54) is 0 Å². The highest BCUT2D eigenvalue weighted by molar-refractivity contribution is 9.10. The summed E-state index contributed by atoms with van der Waals surface area (Å²) >= 11 is 3.34. The number of carbonyl (C=O) groups is 2. The number of nitrogens with one attached hydrogen (secondary N) is 2. The minimum Gasteiger partial charge on any atom is -0.480 e. The molecule has 1 atom stereocenters. The monoisotopic (exact) mass is 330 g/mol. The minimum atomic E-state index is -1.19. The third kappa shape index (κ3) is 4.53. The van der Waals surface area contributed by atoms with Crippen molar-refractivity contribution in [1.82, 2.24) is 5.32 Å². The first-order valence-electron chi connectivity index (χ1n) is 5.62. The molecule has 7 heteroatoms.